The van der Waals surface area contributed by atoms with Crippen LogP contribution >= 0.6 is 0 Å². The van der Waals surface area contributed by atoms with Gasteiger partial charge in [0.05, 0.1) is 5.52 Å². The number of nitrogens with one attached hydrogen (secondary N) is 1. The first-order chi connectivity index (χ1) is 10.4. The van der Waals surface area contributed by atoms with Crippen LogP contribution in [0.2, 0.25) is 0 Å². The summed E-state index contributed by atoms with van der Waals surface area (Å²) in [5.41, 5.74) is 7.22. The van der Waals surface area contributed by atoms with Crippen molar-refractivity contribution in [2.45, 2.75) is 38.8 Å². The molecule has 118 valence electrons. The molecule has 0 spiro atoms. The average molecular weight is 301 g/mol. The number of carbonyl (C=O) groups is 1. The van der Waals surface area contributed by atoms with Gasteiger partial charge in [0.1, 0.15) is 5.60 Å². The van der Waals surface area contributed by atoms with E-state index in [4.69, 9.17) is 10.5 Å². The van der Waals surface area contributed by atoms with E-state index in [0.717, 1.165) is 16.5 Å². The summed E-state index contributed by atoms with van der Waals surface area (Å²) in [6.45, 7) is 5.83. The zero-order chi connectivity index (χ0) is 16.2. The second kappa shape index (κ2) is 6.75. The fourth-order valence-electron chi connectivity index (χ4n) is 2.18. The lowest BCUT2D eigenvalue weighted by atomic mass is 10.1. The SMILES string of the molecule is CC(C)(C)OC(=O)NC(CN)Cc1cnc2ccccc2c1. The van der Waals surface area contributed by atoms with Crippen molar-refractivity contribution in [3.8, 4) is 0 Å². The molecule has 2 rings (SSSR count). The highest BCUT2D eigenvalue weighted by Crippen LogP contribution is 2.14. The highest BCUT2D eigenvalue weighted by molar-refractivity contribution is 5.78. The Morgan fingerprint density at radius 3 is 2.77 bits per heavy atom. The number of fused-ring (bicyclic) bond motifs is 1. The molecule has 0 radical (unpaired) electrons. The highest BCUT2D eigenvalue weighted by Gasteiger charge is 2.19. The first-order valence-electron chi connectivity index (χ1n) is 7.40. The third-order valence-electron chi connectivity index (χ3n) is 3.13. The molecule has 3 N–H and O–H groups in total. The van der Waals surface area contributed by atoms with Gasteiger partial charge in [-0.3, -0.25) is 4.98 Å². The molecule has 5 nitrogen and oxygen atoms in total. The summed E-state index contributed by atoms with van der Waals surface area (Å²) >= 11 is 0. The van der Waals surface area contributed by atoms with Gasteiger partial charge in [0.2, 0.25) is 0 Å². The number of para-hydroxylation sites is 1. The minimum absolute atomic E-state index is 0.183. The molecule has 0 aliphatic rings. The summed E-state index contributed by atoms with van der Waals surface area (Å²) in [7, 11) is 0. The molecule has 1 heterocycles. The van der Waals surface area contributed by atoms with Crippen LogP contribution in [-0.4, -0.2) is 29.3 Å². The van der Waals surface area contributed by atoms with Crippen molar-refractivity contribution < 1.29 is 9.53 Å². The van der Waals surface area contributed by atoms with Crippen LogP contribution in [0.15, 0.2) is 36.5 Å². The molecule has 1 aromatic carbocycles. The number of carbonyl (C=O) groups excluding carboxylic acids is 1. The third kappa shape index (κ3) is 4.70. The fourth-order valence-corrected chi connectivity index (χ4v) is 2.18. The molecule has 0 aliphatic heterocycles. The Morgan fingerprint density at radius 1 is 1.36 bits per heavy atom. The van der Waals surface area contributed by atoms with Crippen molar-refractivity contribution in [2.75, 3.05) is 6.54 Å². The molecule has 0 saturated heterocycles. The number of amides is 1. The van der Waals surface area contributed by atoms with Gasteiger partial charge in [-0.05, 0) is 44.9 Å². The van der Waals surface area contributed by atoms with Crippen LogP contribution in [0.25, 0.3) is 10.9 Å². The topological polar surface area (TPSA) is 77.2 Å². The molecule has 1 aromatic heterocycles. The van der Waals surface area contributed by atoms with Crippen LogP contribution < -0.4 is 11.1 Å². The molecule has 1 unspecified atom stereocenters. The normalized spacial score (nSPS) is 12.9. The average Bonchev–Trinajstić information content (AvgIpc) is 2.44. The number of hydrogen-bond acceptors (Lipinski definition) is 4. The van der Waals surface area contributed by atoms with Gasteiger partial charge in [0.25, 0.3) is 0 Å². The van der Waals surface area contributed by atoms with Crippen LogP contribution in [-0.2, 0) is 11.2 Å². The Balaban J connectivity index is 2.03. The van der Waals surface area contributed by atoms with Crippen LogP contribution in [0.4, 0.5) is 4.79 Å². The quantitative estimate of drug-likeness (QED) is 0.910. The number of hydrogen-bond donors (Lipinski definition) is 2. The van der Waals surface area contributed by atoms with Gasteiger partial charge in [-0.15, -0.1) is 0 Å². The lowest BCUT2D eigenvalue weighted by Crippen LogP contribution is -2.44. The number of nitrogens with zero attached hydrogens (tertiary/aromatic N) is 1. The first kappa shape index (κ1) is 16.2. The van der Waals surface area contributed by atoms with Crippen LogP contribution in [0.3, 0.4) is 0 Å². The van der Waals surface area contributed by atoms with Crippen LogP contribution in [0.5, 0.6) is 0 Å². The van der Waals surface area contributed by atoms with Crippen molar-refractivity contribution >= 4 is 17.0 Å². The fraction of sp³-hybridized carbons (Fsp3) is 0.412. The predicted octanol–water partition coefficient (Wildman–Crippen LogP) is 2.63. The summed E-state index contributed by atoms with van der Waals surface area (Å²) in [5, 5.41) is 3.88. The number of nitrogens with two attached hydrogens (primary N) is 1. The van der Waals surface area contributed by atoms with Crippen molar-refractivity contribution in [3.05, 3.63) is 42.1 Å². The van der Waals surface area contributed by atoms with E-state index in [9.17, 15) is 4.79 Å². The van der Waals surface area contributed by atoms with E-state index in [1.807, 2.05) is 51.2 Å². The minimum Gasteiger partial charge on any atom is -0.444 e. The Labute approximate surface area is 130 Å². The van der Waals surface area contributed by atoms with Crippen LogP contribution in [0.1, 0.15) is 26.3 Å². The molecule has 0 saturated carbocycles. The lowest BCUT2D eigenvalue weighted by molar-refractivity contribution is 0.0506. The number of aromatic nitrogens is 1. The molecule has 0 fully saturated rings. The number of pyridine rings is 1. The second-order valence-electron chi connectivity index (χ2n) is 6.32. The molecule has 22 heavy (non-hydrogen) atoms. The van der Waals surface area contributed by atoms with Crippen molar-refractivity contribution in [1.29, 1.82) is 0 Å². The number of ether oxygens (including phenoxy) is 1. The van der Waals surface area contributed by atoms with Gasteiger partial charge in [0, 0.05) is 24.2 Å². The van der Waals surface area contributed by atoms with E-state index < -0.39 is 11.7 Å². The summed E-state index contributed by atoms with van der Waals surface area (Å²) in [4.78, 5) is 16.2. The zero-order valence-electron chi connectivity index (χ0n) is 13.3. The number of alkyl carbamates (subject to hydrolysis) is 1. The van der Waals surface area contributed by atoms with Crippen LogP contribution in [0, 0.1) is 0 Å². The first-order valence-corrected chi connectivity index (χ1v) is 7.40. The molecule has 2 aromatic rings. The molecule has 1 atom stereocenters. The van der Waals surface area contributed by atoms with Crippen molar-refractivity contribution in [3.63, 3.8) is 0 Å². The maximum atomic E-state index is 11.8. The zero-order valence-corrected chi connectivity index (χ0v) is 13.3. The van der Waals surface area contributed by atoms with Gasteiger partial charge in [-0.1, -0.05) is 18.2 Å². The summed E-state index contributed by atoms with van der Waals surface area (Å²) in [6, 6.07) is 9.82. The Hall–Kier alpha value is -2.14. The molecular formula is C17H23N3O2. The number of benzene rings is 1. The smallest absolute Gasteiger partial charge is 0.407 e. The van der Waals surface area contributed by atoms with E-state index in [2.05, 4.69) is 16.4 Å². The van der Waals surface area contributed by atoms with Gasteiger partial charge in [-0.25, -0.2) is 4.79 Å². The van der Waals surface area contributed by atoms with Gasteiger partial charge < -0.3 is 15.8 Å². The standard InChI is InChI=1S/C17H23N3O2/c1-17(2,3)22-16(21)20-14(10-18)9-12-8-13-6-4-5-7-15(13)19-11-12/h4-8,11,14H,9-10,18H2,1-3H3,(H,20,21). The van der Waals surface area contributed by atoms with Gasteiger partial charge in [-0.2, -0.15) is 0 Å². The summed E-state index contributed by atoms with van der Waals surface area (Å²) in [6.07, 6.45) is 1.99. The number of rotatable bonds is 4. The van der Waals surface area contributed by atoms with Gasteiger partial charge >= 0.3 is 6.09 Å². The van der Waals surface area contributed by atoms with E-state index in [0.29, 0.717) is 13.0 Å². The Bertz CT molecular complexity index is 650. The van der Waals surface area contributed by atoms with Crippen molar-refractivity contribution in [1.82, 2.24) is 10.3 Å². The van der Waals surface area contributed by atoms with E-state index in [1.165, 1.54) is 0 Å². The molecule has 1 amide bonds. The van der Waals surface area contributed by atoms with E-state index in [-0.39, 0.29) is 6.04 Å². The lowest BCUT2D eigenvalue weighted by Gasteiger charge is -2.23. The third-order valence-corrected chi connectivity index (χ3v) is 3.13. The largest absolute Gasteiger partial charge is 0.444 e. The summed E-state index contributed by atoms with van der Waals surface area (Å²) in [5.74, 6) is 0. The summed E-state index contributed by atoms with van der Waals surface area (Å²) < 4.78 is 5.26. The maximum absolute atomic E-state index is 11.8. The molecule has 0 aliphatic carbocycles. The maximum Gasteiger partial charge on any atom is 0.407 e. The minimum atomic E-state index is -0.520. The Kier molecular flexibility index (Phi) is 4.98. The molecule has 5 heteroatoms. The molecule has 0 bridgehead atoms. The highest BCUT2D eigenvalue weighted by atomic mass is 16.6. The Morgan fingerprint density at radius 2 is 2.09 bits per heavy atom. The van der Waals surface area contributed by atoms with Crippen molar-refractivity contribution in [2.24, 2.45) is 5.73 Å². The predicted molar refractivity (Wildman–Crippen MR) is 87.7 cm³/mol. The van der Waals surface area contributed by atoms with Gasteiger partial charge in [0.15, 0.2) is 0 Å². The van der Waals surface area contributed by atoms with E-state index in [1.54, 1.807) is 0 Å². The van der Waals surface area contributed by atoms with E-state index >= 15 is 0 Å². The monoisotopic (exact) mass is 301 g/mol. The second-order valence-corrected chi connectivity index (χ2v) is 6.32. The molecular weight excluding hydrogens is 278 g/mol.